The Kier molecular flexibility index (Phi) is 7.32. The molecule has 0 saturated carbocycles. The van der Waals surface area contributed by atoms with Crippen LogP contribution in [0.2, 0.25) is 5.02 Å². The number of halogens is 1. The summed E-state index contributed by atoms with van der Waals surface area (Å²) in [5, 5.41) is 9.92. The second-order valence-electron chi connectivity index (χ2n) is 5.85. The van der Waals surface area contributed by atoms with Crippen molar-refractivity contribution in [3.8, 4) is 0 Å². The number of nitrogens with zero attached hydrogens (tertiary/aromatic N) is 2. The van der Waals surface area contributed by atoms with Gasteiger partial charge in [0.2, 0.25) is 0 Å². The highest BCUT2D eigenvalue weighted by atomic mass is 35.5. The molecule has 7 nitrogen and oxygen atoms in total. The van der Waals surface area contributed by atoms with Gasteiger partial charge >= 0.3 is 5.97 Å². The second-order valence-corrected chi connectivity index (χ2v) is 6.63. The van der Waals surface area contributed by atoms with Crippen LogP contribution >= 0.6 is 23.8 Å². The first-order valence-corrected chi connectivity index (χ1v) is 9.20. The summed E-state index contributed by atoms with van der Waals surface area (Å²) in [5.74, 6) is -0.830. The first-order valence-electron chi connectivity index (χ1n) is 8.42. The summed E-state index contributed by atoms with van der Waals surface area (Å²) in [5.41, 5.74) is 1.86. The zero-order valence-electron chi connectivity index (χ0n) is 15.3. The van der Waals surface area contributed by atoms with Gasteiger partial charge in [-0.1, -0.05) is 24.9 Å². The first-order chi connectivity index (χ1) is 12.8. The molecule has 0 spiro atoms. The topological polar surface area (TPSA) is 85.2 Å². The minimum atomic E-state index is -0.461. The third-order valence-electron chi connectivity index (χ3n) is 3.70. The summed E-state index contributed by atoms with van der Waals surface area (Å²) in [4.78, 5) is 24.2. The predicted molar refractivity (Wildman–Crippen MR) is 108 cm³/mol. The molecule has 0 fully saturated rings. The largest absolute Gasteiger partial charge is 0.462 e. The van der Waals surface area contributed by atoms with Crippen molar-refractivity contribution < 1.29 is 14.3 Å². The number of amides is 1. The van der Waals surface area contributed by atoms with Crippen molar-refractivity contribution >= 4 is 46.5 Å². The molecule has 0 unspecified atom stereocenters. The molecule has 1 amide bonds. The van der Waals surface area contributed by atoms with Crippen LogP contribution in [-0.2, 0) is 11.8 Å². The van der Waals surface area contributed by atoms with Gasteiger partial charge in [-0.25, -0.2) is 4.79 Å². The third kappa shape index (κ3) is 5.51. The van der Waals surface area contributed by atoms with Crippen molar-refractivity contribution in [3.05, 3.63) is 46.2 Å². The van der Waals surface area contributed by atoms with Crippen LogP contribution in [0.4, 0.5) is 5.69 Å². The Hall–Kier alpha value is -2.45. The molecule has 1 aromatic carbocycles. The van der Waals surface area contributed by atoms with Crippen LogP contribution in [0.3, 0.4) is 0 Å². The number of hydrogen-bond acceptors (Lipinski definition) is 5. The Morgan fingerprint density at radius 3 is 2.52 bits per heavy atom. The number of ether oxygens (including phenoxy) is 1. The number of carbonyl (C=O) groups excluding carboxylic acids is 2. The Labute approximate surface area is 168 Å². The number of hydrogen-bond donors (Lipinski definition) is 2. The summed E-state index contributed by atoms with van der Waals surface area (Å²) in [6, 6.07) is 6.61. The smallest absolute Gasteiger partial charge is 0.338 e. The molecule has 0 radical (unpaired) electrons. The van der Waals surface area contributed by atoms with E-state index in [0.29, 0.717) is 23.6 Å². The van der Waals surface area contributed by atoms with Crippen molar-refractivity contribution in [1.82, 2.24) is 15.1 Å². The van der Waals surface area contributed by atoms with Crippen molar-refractivity contribution in [3.63, 3.8) is 0 Å². The molecule has 1 heterocycles. The van der Waals surface area contributed by atoms with Crippen molar-refractivity contribution in [1.29, 1.82) is 0 Å². The van der Waals surface area contributed by atoms with E-state index in [4.69, 9.17) is 28.6 Å². The molecule has 0 aliphatic rings. The van der Waals surface area contributed by atoms with Gasteiger partial charge in [-0.05, 0) is 49.8 Å². The number of anilines is 1. The minimum absolute atomic E-state index is 0.105. The fraction of sp³-hybridized carbons (Fsp3) is 0.333. The number of nitrogens with one attached hydrogen (secondary N) is 2. The van der Waals surface area contributed by atoms with E-state index in [2.05, 4.69) is 15.7 Å². The second kappa shape index (κ2) is 9.48. The summed E-state index contributed by atoms with van der Waals surface area (Å²) < 4.78 is 6.55. The zero-order valence-corrected chi connectivity index (χ0v) is 16.9. The lowest BCUT2D eigenvalue weighted by atomic mass is 10.2. The van der Waals surface area contributed by atoms with E-state index in [1.165, 1.54) is 4.68 Å². The summed E-state index contributed by atoms with van der Waals surface area (Å²) in [6.45, 7) is 4.14. The van der Waals surface area contributed by atoms with E-state index >= 15 is 0 Å². The SMILES string of the molecule is CCCCOC(=O)c1ccc(NC(=S)NC(=O)c2c(Cl)c(C)nn2C)cc1. The van der Waals surface area contributed by atoms with Gasteiger partial charge in [-0.2, -0.15) is 5.10 Å². The summed E-state index contributed by atoms with van der Waals surface area (Å²) in [7, 11) is 1.63. The standard InChI is InChI=1S/C18H21ClN4O3S/c1-4-5-10-26-17(25)12-6-8-13(9-7-12)20-18(27)21-16(24)15-14(19)11(2)22-23(15)3/h6-9H,4-5,10H2,1-3H3,(H2,20,21,24,27). The van der Waals surface area contributed by atoms with Gasteiger partial charge in [0.25, 0.3) is 5.91 Å². The van der Waals surface area contributed by atoms with Crippen LogP contribution in [0, 0.1) is 6.92 Å². The van der Waals surface area contributed by atoms with Gasteiger partial charge in [0.05, 0.1) is 22.9 Å². The van der Waals surface area contributed by atoms with Crippen LogP contribution in [0.1, 0.15) is 46.3 Å². The number of unbranched alkanes of at least 4 members (excludes halogenated alkanes) is 1. The van der Waals surface area contributed by atoms with Gasteiger partial charge < -0.3 is 10.1 Å². The summed E-state index contributed by atoms with van der Waals surface area (Å²) >= 11 is 11.2. The number of aryl methyl sites for hydroxylation is 2. The molecular formula is C18H21ClN4O3S. The Bertz CT molecular complexity index is 849. The maximum absolute atomic E-state index is 12.3. The van der Waals surface area contributed by atoms with Gasteiger partial charge in [0.15, 0.2) is 5.11 Å². The number of rotatable bonds is 6. The third-order valence-corrected chi connectivity index (χ3v) is 4.36. The number of thiocarbonyl (C=S) groups is 1. The molecule has 27 heavy (non-hydrogen) atoms. The van der Waals surface area contributed by atoms with Gasteiger partial charge in [-0.15, -0.1) is 0 Å². The maximum Gasteiger partial charge on any atom is 0.338 e. The molecule has 0 aliphatic carbocycles. The monoisotopic (exact) mass is 408 g/mol. The average molecular weight is 409 g/mol. The molecular weight excluding hydrogens is 388 g/mol. The lowest BCUT2D eigenvalue weighted by Gasteiger charge is -2.10. The van der Waals surface area contributed by atoms with E-state index in [-0.39, 0.29) is 21.8 Å². The lowest BCUT2D eigenvalue weighted by Crippen LogP contribution is -2.35. The number of carbonyl (C=O) groups is 2. The maximum atomic E-state index is 12.3. The molecule has 0 atom stereocenters. The summed E-state index contributed by atoms with van der Waals surface area (Å²) in [6.07, 6.45) is 1.79. The van der Waals surface area contributed by atoms with Crippen molar-refractivity contribution in [2.75, 3.05) is 11.9 Å². The number of aromatic nitrogens is 2. The normalized spacial score (nSPS) is 10.4. The van der Waals surface area contributed by atoms with Crippen molar-refractivity contribution in [2.24, 2.45) is 7.05 Å². The van der Waals surface area contributed by atoms with Crippen LogP contribution in [0.25, 0.3) is 0 Å². The van der Waals surface area contributed by atoms with Crippen LogP contribution < -0.4 is 10.6 Å². The fourth-order valence-corrected chi connectivity index (χ4v) is 2.74. The van der Waals surface area contributed by atoms with E-state index < -0.39 is 5.91 Å². The van der Waals surface area contributed by atoms with Crippen LogP contribution in [0.15, 0.2) is 24.3 Å². The first kappa shape index (κ1) is 20.9. The molecule has 2 aromatic rings. The minimum Gasteiger partial charge on any atom is -0.462 e. The number of esters is 1. The highest BCUT2D eigenvalue weighted by Crippen LogP contribution is 2.19. The molecule has 0 saturated heterocycles. The number of benzene rings is 1. The molecule has 0 aliphatic heterocycles. The average Bonchev–Trinajstić information content (AvgIpc) is 2.87. The molecule has 2 N–H and O–H groups in total. The molecule has 144 valence electrons. The fourth-order valence-electron chi connectivity index (χ4n) is 2.29. The van der Waals surface area contributed by atoms with Gasteiger partial charge in [-0.3, -0.25) is 14.8 Å². The Morgan fingerprint density at radius 2 is 1.96 bits per heavy atom. The van der Waals surface area contributed by atoms with E-state index in [1.807, 2.05) is 6.92 Å². The van der Waals surface area contributed by atoms with Crippen molar-refractivity contribution in [2.45, 2.75) is 26.7 Å². The van der Waals surface area contributed by atoms with E-state index in [9.17, 15) is 9.59 Å². The van der Waals surface area contributed by atoms with E-state index in [1.54, 1.807) is 38.2 Å². The molecule has 2 rings (SSSR count). The Balaban J connectivity index is 1.94. The highest BCUT2D eigenvalue weighted by Gasteiger charge is 2.19. The van der Waals surface area contributed by atoms with Crippen LogP contribution in [-0.4, -0.2) is 33.4 Å². The highest BCUT2D eigenvalue weighted by molar-refractivity contribution is 7.80. The molecule has 1 aromatic heterocycles. The lowest BCUT2D eigenvalue weighted by molar-refractivity contribution is 0.0499. The quantitative estimate of drug-likeness (QED) is 0.432. The zero-order chi connectivity index (χ0) is 20.0. The van der Waals surface area contributed by atoms with Gasteiger partial charge in [0.1, 0.15) is 5.69 Å². The predicted octanol–water partition coefficient (Wildman–Crippen LogP) is 3.47. The van der Waals surface area contributed by atoms with Gasteiger partial charge in [0, 0.05) is 12.7 Å². The molecule has 0 bridgehead atoms. The van der Waals surface area contributed by atoms with E-state index in [0.717, 1.165) is 12.8 Å². The van der Waals surface area contributed by atoms with Crippen LogP contribution in [0.5, 0.6) is 0 Å². The Morgan fingerprint density at radius 1 is 1.30 bits per heavy atom. The molecule has 9 heteroatoms.